The lowest BCUT2D eigenvalue weighted by Gasteiger charge is -2.51. The molecule has 10 heteroatoms. The van der Waals surface area contributed by atoms with Crippen LogP contribution in [0.2, 0.25) is 0 Å². The van der Waals surface area contributed by atoms with Crippen LogP contribution in [-0.2, 0) is 11.3 Å². The minimum atomic E-state index is -0.625. The lowest BCUT2D eigenvalue weighted by Crippen LogP contribution is -2.66. The second-order valence-corrected chi connectivity index (χ2v) is 8.99. The summed E-state index contributed by atoms with van der Waals surface area (Å²) in [5.41, 5.74) is 2.69. The summed E-state index contributed by atoms with van der Waals surface area (Å²) in [5, 5.41) is 18.1. The number of amides is 1. The number of morpholine rings is 1. The predicted octanol–water partition coefficient (Wildman–Crippen LogP) is 1.94. The molecule has 4 aromatic rings. The van der Waals surface area contributed by atoms with Crippen LogP contribution in [0.4, 0.5) is 4.39 Å². The van der Waals surface area contributed by atoms with Crippen LogP contribution in [0.5, 0.6) is 5.75 Å². The highest BCUT2D eigenvalue weighted by molar-refractivity contribution is 5.96. The molecule has 3 aliphatic heterocycles. The highest BCUT2D eigenvalue weighted by Crippen LogP contribution is 2.41. The highest BCUT2D eigenvalue weighted by Gasteiger charge is 2.46. The maximum Gasteiger partial charge on any atom is 0.278 e. The number of hydrogen-bond donors (Lipinski definition) is 1. The molecular weight excluding hydrogens is 453 g/mol. The van der Waals surface area contributed by atoms with Gasteiger partial charge in [0.1, 0.15) is 18.0 Å². The first-order chi connectivity index (χ1) is 17.0. The van der Waals surface area contributed by atoms with Gasteiger partial charge in [0.05, 0.1) is 31.5 Å². The Morgan fingerprint density at radius 3 is 2.89 bits per heavy atom. The van der Waals surface area contributed by atoms with Gasteiger partial charge in [0.25, 0.3) is 5.91 Å². The molecule has 0 saturated carbocycles. The molecule has 0 aliphatic carbocycles. The molecule has 0 radical (unpaired) electrons. The third-order valence-corrected chi connectivity index (χ3v) is 7.15. The Hall–Kier alpha value is -4.18. The largest absolute Gasteiger partial charge is 0.502 e. The van der Waals surface area contributed by atoms with Crippen molar-refractivity contribution in [1.82, 2.24) is 19.4 Å². The van der Waals surface area contributed by atoms with Crippen LogP contribution in [0.25, 0.3) is 10.9 Å². The number of rotatable bonds is 1. The molecule has 9 nitrogen and oxygen atoms in total. The number of halogens is 1. The molecule has 2 atom stereocenters. The first-order valence-electron chi connectivity index (χ1n) is 11.4. The SMILES string of the molecule is O=C1c2c(O)c(=O)ccn2N(C2c3ccc(F)cc3Cn3ncc4cccc2c43)C2COCCN12. The van der Waals surface area contributed by atoms with E-state index in [0.29, 0.717) is 19.7 Å². The van der Waals surface area contributed by atoms with Crippen molar-refractivity contribution in [2.75, 3.05) is 24.8 Å². The van der Waals surface area contributed by atoms with Crippen LogP contribution in [0, 0.1) is 5.82 Å². The van der Waals surface area contributed by atoms with Gasteiger partial charge in [-0.3, -0.25) is 24.0 Å². The smallest absolute Gasteiger partial charge is 0.278 e. The number of aromatic hydroxyl groups is 1. The maximum absolute atomic E-state index is 14.4. The van der Waals surface area contributed by atoms with Gasteiger partial charge in [0.15, 0.2) is 11.4 Å². The third-order valence-electron chi connectivity index (χ3n) is 7.15. The summed E-state index contributed by atoms with van der Waals surface area (Å²) < 4.78 is 23.6. The van der Waals surface area contributed by atoms with Crippen LogP contribution >= 0.6 is 0 Å². The molecule has 1 fully saturated rings. The number of carbonyl (C=O) groups excluding carboxylic acids is 1. The molecule has 2 unspecified atom stereocenters. The van der Waals surface area contributed by atoms with E-state index in [1.165, 1.54) is 24.4 Å². The molecule has 1 saturated heterocycles. The van der Waals surface area contributed by atoms with Crippen LogP contribution < -0.4 is 10.4 Å². The van der Waals surface area contributed by atoms with Gasteiger partial charge in [-0.2, -0.15) is 5.10 Å². The van der Waals surface area contributed by atoms with Crippen LogP contribution in [0.15, 0.2) is 59.7 Å². The third kappa shape index (κ3) is 2.74. The minimum absolute atomic E-state index is 0.0933. The van der Waals surface area contributed by atoms with Gasteiger partial charge in [-0.1, -0.05) is 24.3 Å². The number of para-hydroxylation sites is 1. The summed E-state index contributed by atoms with van der Waals surface area (Å²) in [4.78, 5) is 27.4. The lowest BCUT2D eigenvalue weighted by atomic mass is 9.93. The molecular formula is C25H20FN5O4. The lowest BCUT2D eigenvalue weighted by molar-refractivity contribution is -0.0196. The van der Waals surface area contributed by atoms with Gasteiger partial charge in [-0.15, -0.1) is 0 Å². The predicted molar refractivity (Wildman–Crippen MR) is 123 cm³/mol. The minimum Gasteiger partial charge on any atom is -0.502 e. The number of benzene rings is 2. The first-order valence-corrected chi connectivity index (χ1v) is 11.4. The summed E-state index contributed by atoms with van der Waals surface area (Å²) in [7, 11) is 0. The molecule has 1 N–H and O–H groups in total. The highest BCUT2D eigenvalue weighted by atomic mass is 19.1. The summed E-state index contributed by atoms with van der Waals surface area (Å²) in [5.74, 6) is -1.38. The Morgan fingerprint density at radius 1 is 1.11 bits per heavy atom. The normalized spacial score (nSPS) is 20.9. The Kier molecular flexibility index (Phi) is 4.13. The van der Waals surface area contributed by atoms with Crippen molar-refractivity contribution >= 4 is 16.8 Å². The molecule has 1 amide bonds. The average Bonchev–Trinajstić information content (AvgIpc) is 3.21. The number of ether oxygens (including phenoxy) is 1. The fourth-order valence-electron chi connectivity index (χ4n) is 5.64. The van der Waals surface area contributed by atoms with Crippen molar-refractivity contribution in [3.63, 3.8) is 0 Å². The van der Waals surface area contributed by atoms with E-state index in [1.807, 2.05) is 27.9 Å². The molecule has 5 heterocycles. The van der Waals surface area contributed by atoms with Gasteiger partial charge in [0.2, 0.25) is 5.43 Å². The zero-order chi connectivity index (χ0) is 23.8. The van der Waals surface area contributed by atoms with E-state index in [0.717, 1.165) is 27.6 Å². The summed E-state index contributed by atoms with van der Waals surface area (Å²) in [6.45, 7) is 1.28. The van der Waals surface area contributed by atoms with E-state index in [4.69, 9.17) is 4.74 Å². The molecule has 3 aliphatic rings. The fourth-order valence-corrected chi connectivity index (χ4v) is 5.64. The zero-order valence-corrected chi connectivity index (χ0v) is 18.5. The van der Waals surface area contributed by atoms with Gasteiger partial charge >= 0.3 is 0 Å². The molecule has 35 heavy (non-hydrogen) atoms. The fraction of sp³-hybridized carbons (Fsp3) is 0.240. The second kappa shape index (κ2) is 7.16. The van der Waals surface area contributed by atoms with Crippen LogP contribution in [-0.4, -0.2) is 56.3 Å². The molecule has 2 aromatic heterocycles. The number of aromatic nitrogens is 3. The Morgan fingerprint density at radius 2 is 2.00 bits per heavy atom. The van der Waals surface area contributed by atoms with Crippen molar-refractivity contribution in [2.45, 2.75) is 18.8 Å². The Bertz CT molecular complexity index is 1590. The number of hydrogen-bond acceptors (Lipinski definition) is 6. The van der Waals surface area contributed by atoms with E-state index in [9.17, 15) is 19.1 Å². The van der Waals surface area contributed by atoms with Crippen molar-refractivity contribution in [3.05, 3.63) is 93.3 Å². The molecule has 2 aromatic carbocycles. The van der Waals surface area contributed by atoms with Gasteiger partial charge in [0, 0.05) is 29.8 Å². The maximum atomic E-state index is 14.4. The van der Waals surface area contributed by atoms with E-state index in [1.54, 1.807) is 21.8 Å². The monoisotopic (exact) mass is 473 g/mol. The standard InChI is InChI=1S/C25H20FN5O4/c26-16-4-5-17-15(10-16)12-29-21-14(11-27-29)2-1-3-18(21)22(17)31-20-13-35-9-8-28(20)25(34)23-24(33)19(32)6-7-30(23)31/h1-7,10-11,20,22,33H,8-9,12-13H2. The molecule has 0 bridgehead atoms. The second-order valence-electron chi connectivity index (χ2n) is 8.99. The van der Waals surface area contributed by atoms with Crippen LogP contribution in [0.3, 0.4) is 0 Å². The molecule has 7 rings (SSSR count). The average molecular weight is 473 g/mol. The summed E-state index contributed by atoms with van der Waals surface area (Å²) in [6.07, 6.45) is 2.78. The zero-order valence-electron chi connectivity index (χ0n) is 18.5. The summed E-state index contributed by atoms with van der Waals surface area (Å²) in [6, 6.07) is 11.4. The molecule has 176 valence electrons. The van der Waals surface area contributed by atoms with E-state index < -0.39 is 29.3 Å². The van der Waals surface area contributed by atoms with Gasteiger partial charge < -0.3 is 14.7 Å². The van der Waals surface area contributed by atoms with Crippen molar-refractivity contribution in [3.8, 4) is 5.75 Å². The number of pyridine rings is 1. The number of nitrogens with zero attached hydrogens (tertiary/aromatic N) is 5. The topological polar surface area (TPSA) is 92.8 Å². The number of fused-ring (bicyclic) bond motifs is 3. The van der Waals surface area contributed by atoms with Gasteiger partial charge in [-0.05, 0) is 23.3 Å². The van der Waals surface area contributed by atoms with Crippen molar-refractivity contribution in [2.24, 2.45) is 0 Å². The van der Waals surface area contributed by atoms with E-state index in [2.05, 4.69) is 5.10 Å². The van der Waals surface area contributed by atoms with Crippen molar-refractivity contribution < 1.29 is 19.0 Å². The van der Waals surface area contributed by atoms with Crippen LogP contribution in [0.1, 0.15) is 33.2 Å². The van der Waals surface area contributed by atoms with Gasteiger partial charge in [-0.25, -0.2) is 4.39 Å². The van der Waals surface area contributed by atoms with E-state index in [-0.39, 0.29) is 18.1 Å². The number of carbonyl (C=O) groups is 1. The first kappa shape index (κ1) is 20.2. The molecule has 0 spiro atoms. The van der Waals surface area contributed by atoms with Crippen molar-refractivity contribution in [1.29, 1.82) is 0 Å². The quantitative estimate of drug-likeness (QED) is 0.454. The Labute approximate surface area is 198 Å². The summed E-state index contributed by atoms with van der Waals surface area (Å²) >= 11 is 0. The van der Waals surface area contributed by atoms with E-state index >= 15 is 0 Å². The Balaban J connectivity index is 1.57.